The standard InChI is InChI=1S/C20H24N2O2S/c1-2-22(13-15-8-4-3-5-9-15)19(23)12-21-20(24)17-14-25-18-11-7-6-10-16(17)18/h3-5,8-9,14H,2,6-7,10-13H2,1H3,(H,21,24). The van der Waals surface area contributed by atoms with Crippen molar-refractivity contribution in [3.8, 4) is 0 Å². The Bertz CT molecular complexity index is 739. The summed E-state index contributed by atoms with van der Waals surface area (Å²) >= 11 is 1.67. The van der Waals surface area contributed by atoms with Crippen LogP contribution in [-0.2, 0) is 24.2 Å². The third-order valence-electron chi connectivity index (χ3n) is 4.66. The van der Waals surface area contributed by atoms with Crippen LogP contribution in [0.15, 0.2) is 35.7 Å². The summed E-state index contributed by atoms with van der Waals surface area (Å²) in [6.07, 6.45) is 4.40. The first-order valence-corrected chi connectivity index (χ1v) is 9.76. The molecule has 0 radical (unpaired) electrons. The van der Waals surface area contributed by atoms with E-state index in [1.54, 1.807) is 16.2 Å². The predicted molar refractivity (Wildman–Crippen MR) is 101 cm³/mol. The number of aryl methyl sites for hydroxylation is 1. The zero-order valence-electron chi connectivity index (χ0n) is 14.6. The molecule has 132 valence electrons. The lowest BCUT2D eigenvalue weighted by Crippen LogP contribution is -2.39. The molecule has 25 heavy (non-hydrogen) atoms. The first kappa shape index (κ1) is 17.7. The van der Waals surface area contributed by atoms with Crippen molar-refractivity contribution in [2.45, 2.75) is 39.2 Å². The van der Waals surface area contributed by atoms with E-state index in [0.717, 1.165) is 30.4 Å². The van der Waals surface area contributed by atoms with Gasteiger partial charge >= 0.3 is 0 Å². The van der Waals surface area contributed by atoms with Crippen molar-refractivity contribution in [3.63, 3.8) is 0 Å². The van der Waals surface area contributed by atoms with E-state index in [0.29, 0.717) is 13.1 Å². The molecule has 0 spiro atoms. The van der Waals surface area contributed by atoms with Crippen LogP contribution in [0.3, 0.4) is 0 Å². The zero-order chi connectivity index (χ0) is 17.6. The van der Waals surface area contributed by atoms with Gasteiger partial charge in [-0.2, -0.15) is 0 Å². The van der Waals surface area contributed by atoms with Crippen LogP contribution in [0.25, 0.3) is 0 Å². The maximum atomic E-state index is 12.5. The number of hydrogen-bond acceptors (Lipinski definition) is 3. The van der Waals surface area contributed by atoms with Crippen molar-refractivity contribution in [3.05, 3.63) is 57.3 Å². The topological polar surface area (TPSA) is 49.4 Å². The summed E-state index contributed by atoms with van der Waals surface area (Å²) in [6, 6.07) is 9.91. The highest BCUT2D eigenvalue weighted by atomic mass is 32.1. The van der Waals surface area contributed by atoms with Crippen molar-refractivity contribution in [1.82, 2.24) is 10.2 Å². The van der Waals surface area contributed by atoms with Crippen molar-refractivity contribution in [2.75, 3.05) is 13.1 Å². The molecule has 1 aromatic carbocycles. The van der Waals surface area contributed by atoms with Crippen LogP contribution in [-0.4, -0.2) is 29.8 Å². The van der Waals surface area contributed by atoms with Gasteiger partial charge in [-0.3, -0.25) is 9.59 Å². The van der Waals surface area contributed by atoms with Crippen LogP contribution in [0.5, 0.6) is 0 Å². The first-order valence-electron chi connectivity index (χ1n) is 8.88. The van der Waals surface area contributed by atoms with E-state index < -0.39 is 0 Å². The third-order valence-corrected chi connectivity index (χ3v) is 5.75. The van der Waals surface area contributed by atoms with Gasteiger partial charge in [0.15, 0.2) is 0 Å². The molecule has 1 N–H and O–H groups in total. The summed E-state index contributed by atoms with van der Waals surface area (Å²) in [6.45, 7) is 3.19. The molecule has 0 bridgehead atoms. The van der Waals surface area contributed by atoms with Crippen LogP contribution in [0.1, 0.15) is 46.1 Å². The molecule has 0 unspecified atom stereocenters. The van der Waals surface area contributed by atoms with Crippen LogP contribution >= 0.6 is 11.3 Å². The predicted octanol–water partition coefficient (Wildman–Crippen LogP) is 3.41. The van der Waals surface area contributed by atoms with Gasteiger partial charge < -0.3 is 10.2 Å². The Morgan fingerprint density at radius 2 is 1.92 bits per heavy atom. The molecule has 3 rings (SSSR count). The largest absolute Gasteiger partial charge is 0.343 e. The van der Waals surface area contributed by atoms with E-state index in [-0.39, 0.29) is 18.4 Å². The Morgan fingerprint density at radius 3 is 2.68 bits per heavy atom. The molecular weight excluding hydrogens is 332 g/mol. The summed E-state index contributed by atoms with van der Waals surface area (Å²) < 4.78 is 0. The number of benzene rings is 1. The molecule has 2 amide bonds. The smallest absolute Gasteiger partial charge is 0.252 e. The molecule has 0 saturated carbocycles. The molecule has 1 aromatic heterocycles. The SMILES string of the molecule is CCN(Cc1ccccc1)C(=O)CNC(=O)c1csc2c1CCCC2. The summed E-state index contributed by atoms with van der Waals surface area (Å²) in [5.74, 6) is -0.174. The van der Waals surface area contributed by atoms with Gasteiger partial charge in [-0.1, -0.05) is 30.3 Å². The number of carbonyl (C=O) groups is 2. The first-order chi connectivity index (χ1) is 12.2. The van der Waals surface area contributed by atoms with Gasteiger partial charge in [0.2, 0.25) is 5.91 Å². The minimum Gasteiger partial charge on any atom is -0.343 e. The van der Waals surface area contributed by atoms with E-state index in [1.807, 2.05) is 42.6 Å². The highest BCUT2D eigenvalue weighted by Gasteiger charge is 2.21. The Hall–Kier alpha value is -2.14. The zero-order valence-corrected chi connectivity index (χ0v) is 15.4. The molecule has 1 heterocycles. The number of carbonyl (C=O) groups excluding carboxylic acids is 2. The molecule has 0 saturated heterocycles. The molecule has 4 nitrogen and oxygen atoms in total. The highest BCUT2D eigenvalue weighted by Crippen LogP contribution is 2.30. The number of hydrogen-bond donors (Lipinski definition) is 1. The van der Waals surface area contributed by atoms with E-state index in [1.165, 1.54) is 16.9 Å². The summed E-state index contributed by atoms with van der Waals surface area (Å²) in [7, 11) is 0. The van der Waals surface area contributed by atoms with Crippen molar-refractivity contribution >= 4 is 23.2 Å². The Labute approximate surface area is 152 Å². The molecule has 0 fully saturated rings. The van der Waals surface area contributed by atoms with Crippen molar-refractivity contribution in [2.24, 2.45) is 0 Å². The Kier molecular flexibility index (Phi) is 5.87. The van der Waals surface area contributed by atoms with Crippen LogP contribution < -0.4 is 5.32 Å². The summed E-state index contributed by atoms with van der Waals surface area (Å²) in [4.78, 5) is 28.0. The lowest BCUT2D eigenvalue weighted by molar-refractivity contribution is -0.130. The lowest BCUT2D eigenvalue weighted by Gasteiger charge is -2.21. The maximum Gasteiger partial charge on any atom is 0.252 e. The van der Waals surface area contributed by atoms with Gasteiger partial charge in [-0.15, -0.1) is 11.3 Å². The minimum absolute atomic E-state index is 0.0458. The van der Waals surface area contributed by atoms with Gasteiger partial charge in [0, 0.05) is 23.3 Å². The fourth-order valence-electron chi connectivity index (χ4n) is 3.23. The van der Waals surface area contributed by atoms with Gasteiger partial charge in [0.05, 0.1) is 12.1 Å². The fraction of sp³-hybridized carbons (Fsp3) is 0.400. The molecular formula is C20H24N2O2S. The number of nitrogens with one attached hydrogen (secondary N) is 1. The minimum atomic E-state index is -0.122. The quantitative estimate of drug-likeness (QED) is 0.862. The van der Waals surface area contributed by atoms with E-state index >= 15 is 0 Å². The number of amides is 2. The average Bonchev–Trinajstić information content (AvgIpc) is 3.09. The Balaban J connectivity index is 1.57. The molecule has 1 aliphatic carbocycles. The maximum absolute atomic E-state index is 12.5. The van der Waals surface area contributed by atoms with Crippen molar-refractivity contribution < 1.29 is 9.59 Å². The number of fused-ring (bicyclic) bond motifs is 1. The Morgan fingerprint density at radius 1 is 1.16 bits per heavy atom. The van der Waals surface area contributed by atoms with E-state index in [9.17, 15) is 9.59 Å². The normalized spacial score (nSPS) is 13.2. The number of rotatable bonds is 6. The van der Waals surface area contributed by atoms with E-state index in [2.05, 4.69) is 5.32 Å². The van der Waals surface area contributed by atoms with Crippen LogP contribution in [0, 0.1) is 0 Å². The molecule has 2 aromatic rings. The van der Waals surface area contributed by atoms with Gasteiger partial charge in [-0.05, 0) is 43.7 Å². The lowest BCUT2D eigenvalue weighted by atomic mass is 9.96. The molecule has 0 aliphatic heterocycles. The second-order valence-electron chi connectivity index (χ2n) is 6.33. The summed E-state index contributed by atoms with van der Waals surface area (Å²) in [5.41, 5.74) is 3.05. The molecule has 0 atom stereocenters. The third kappa shape index (κ3) is 4.28. The number of thiophene rings is 1. The second-order valence-corrected chi connectivity index (χ2v) is 7.30. The molecule has 1 aliphatic rings. The average molecular weight is 356 g/mol. The van der Waals surface area contributed by atoms with Gasteiger partial charge in [0.1, 0.15) is 0 Å². The highest BCUT2D eigenvalue weighted by molar-refractivity contribution is 7.10. The second kappa shape index (κ2) is 8.30. The van der Waals surface area contributed by atoms with Crippen molar-refractivity contribution in [1.29, 1.82) is 0 Å². The monoisotopic (exact) mass is 356 g/mol. The van der Waals surface area contributed by atoms with Crippen LogP contribution in [0.4, 0.5) is 0 Å². The number of nitrogens with zero attached hydrogens (tertiary/aromatic N) is 1. The number of likely N-dealkylation sites (N-methyl/N-ethyl adjacent to an activating group) is 1. The van der Waals surface area contributed by atoms with Gasteiger partial charge in [-0.25, -0.2) is 0 Å². The van der Waals surface area contributed by atoms with E-state index in [4.69, 9.17) is 0 Å². The van der Waals surface area contributed by atoms with Gasteiger partial charge in [0.25, 0.3) is 5.91 Å². The summed E-state index contributed by atoms with van der Waals surface area (Å²) in [5, 5.41) is 4.75. The molecule has 5 heteroatoms. The fourth-order valence-corrected chi connectivity index (χ4v) is 4.35. The van der Waals surface area contributed by atoms with Crippen LogP contribution in [0.2, 0.25) is 0 Å².